The van der Waals surface area contributed by atoms with Gasteiger partial charge in [0.25, 0.3) is 0 Å². The van der Waals surface area contributed by atoms with Crippen molar-refractivity contribution >= 4 is 23.0 Å². The molecule has 0 atom stereocenters. The van der Waals surface area contributed by atoms with Gasteiger partial charge in [-0.25, -0.2) is 4.99 Å². The predicted molar refractivity (Wildman–Crippen MR) is 142 cm³/mol. The van der Waals surface area contributed by atoms with Crippen molar-refractivity contribution in [1.82, 2.24) is 0 Å². The lowest BCUT2D eigenvalue weighted by Gasteiger charge is -2.46. The molecular weight excluding hydrogens is 414 g/mol. The van der Waals surface area contributed by atoms with Crippen LogP contribution in [0.5, 0.6) is 0 Å². The summed E-state index contributed by atoms with van der Waals surface area (Å²) in [5, 5.41) is 0. The zero-order chi connectivity index (χ0) is 23.2. The highest BCUT2D eigenvalue weighted by molar-refractivity contribution is 6.23. The molecule has 3 nitrogen and oxygen atoms in total. The molecule has 4 aromatic rings. The number of benzene rings is 4. The van der Waals surface area contributed by atoms with Gasteiger partial charge in [0, 0.05) is 11.1 Å². The quantitative estimate of drug-likeness (QED) is 0.300. The summed E-state index contributed by atoms with van der Waals surface area (Å²) in [5.74, 6) is 1.02. The third-order valence-corrected chi connectivity index (χ3v) is 7.84. The largest absolute Gasteiger partial charge is 0.300 e. The summed E-state index contributed by atoms with van der Waals surface area (Å²) in [7, 11) is 0. The Bertz CT molecular complexity index is 1510. The van der Waals surface area contributed by atoms with Crippen molar-refractivity contribution in [3.63, 3.8) is 0 Å². The van der Waals surface area contributed by atoms with E-state index in [0.29, 0.717) is 0 Å². The van der Waals surface area contributed by atoms with Crippen molar-refractivity contribution in [1.29, 1.82) is 0 Å². The lowest BCUT2D eigenvalue weighted by atomic mass is 9.80. The van der Waals surface area contributed by atoms with Gasteiger partial charge in [0.2, 0.25) is 5.96 Å². The van der Waals surface area contributed by atoms with Gasteiger partial charge in [-0.2, -0.15) is 0 Å². The molecule has 0 radical (unpaired) electrons. The number of anilines is 2. The number of hydrogen-bond acceptors (Lipinski definition) is 3. The Morgan fingerprint density at radius 2 is 1.24 bits per heavy atom. The standard InChI is InChI=1S/C31H27N3/c1-30(2)24-15-9-8-14-22(24)23-18-21(20-12-6-5-7-13-20)19-27-28(23)34(30)29-32-26-17-11-10-16-25(26)31(3,4)33(27)29/h5-19H,1-4H3. The van der Waals surface area contributed by atoms with Crippen LogP contribution in [0.4, 0.5) is 17.1 Å². The Balaban J connectivity index is 1.61. The number of fused-ring (bicyclic) bond motifs is 6. The molecule has 3 aliphatic heterocycles. The monoisotopic (exact) mass is 441 g/mol. The number of nitrogens with zero attached hydrogens (tertiary/aromatic N) is 3. The van der Waals surface area contributed by atoms with Crippen LogP contribution in [0, 0.1) is 0 Å². The van der Waals surface area contributed by atoms with Gasteiger partial charge < -0.3 is 4.90 Å². The first-order valence-corrected chi connectivity index (χ1v) is 12.0. The van der Waals surface area contributed by atoms with Crippen LogP contribution in [-0.4, -0.2) is 5.96 Å². The van der Waals surface area contributed by atoms with E-state index in [1.807, 2.05) is 0 Å². The van der Waals surface area contributed by atoms with Crippen molar-refractivity contribution in [3.05, 3.63) is 102 Å². The topological polar surface area (TPSA) is 18.8 Å². The normalized spacial score (nSPS) is 17.9. The van der Waals surface area contributed by atoms with Gasteiger partial charge in [0.15, 0.2) is 0 Å². The highest BCUT2D eigenvalue weighted by atomic mass is 15.5. The molecule has 7 rings (SSSR count). The van der Waals surface area contributed by atoms with Gasteiger partial charge in [-0.05, 0) is 68.1 Å². The Morgan fingerprint density at radius 1 is 0.588 bits per heavy atom. The third-order valence-electron chi connectivity index (χ3n) is 7.84. The van der Waals surface area contributed by atoms with Gasteiger partial charge >= 0.3 is 0 Å². The van der Waals surface area contributed by atoms with Gasteiger partial charge in [-0.3, -0.25) is 4.90 Å². The van der Waals surface area contributed by atoms with Gasteiger partial charge in [0.1, 0.15) is 0 Å². The van der Waals surface area contributed by atoms with Crippen molar-refractivity contribution in [2.75, 3.05) is 9.80 Å². The van der Waals surface area contributed by atoms with E-state index in [1.165, 1.54) is 44.8 Å². The molecule has 0 aromatic heterocycles. The summed E-state index contributed by atoms with van der Waals surface area (Å²) in [4.78, 5) is 10.2. The molecule has 4 aromatic carbocycles. The van der Waals surface area contributed by atoms with Crippen LogP contribution >= 0.6 is 0 Å². The van der Waals surface area contributed by atoms with E-state index in [1.54, 1.807) is 0 Å². The van der Waals surface area contributed by atoms with Crippen molar-refractivity contribution in [2.24, 2.45) is 4.99 Å². The minimum atomic E-state index is -0.240. The number of hydrogen-bond donors (Lipinski definition) is 0. The molecule has 3 heteroatoms. The Hall–Kier alpha value is -3.85. The molecule has 0 unspecified atom stereocenters. The van der Waals surface area contributed by atoms with Crippen LogP contribution in [0.25, 0.3) is 22.3 Å². The minimum absolute atomic E-state index is 0.234. The fourth-order valence-electron chi connectivity index (χ4n) is 6.20. The molecule has 0 aliphatic carbocycles. The summed E-state index contributed by atoms with van der Waals surface area (Å²) >= 11 is 0. The van der Waals surface area contributed by atoms with E-state index in [4.69, 9.17) is 4.99 Å². The maximum absolute atomic E-state index is 5.28. The van der Waals surface area contributed by atoms with Gasteiger partial charge in [-0.15, -0.1) is 0 Å². The van der Waals surface area contributed by atoms with Gasteiger partial charge in [-0.1, -0.05) is 72.8 Å². The molecule has 3 aliphatic rings. The van der Waals surface area contributed by atoms with Crippen molar-refractivity contribution in [2.45, 2.75) is 38.8 Å². The molecule has 0 bridgehead atoms. The van der Waals surface area contributed by atoms with Crippen molar-refractivity contribution < 1.29 is 0 Å². The Kier molecular flexibility index (Phi) is 3.68. The van der Waals surface area contributed by atoms with E-state index in [2.05, 4.69) is 128 Å². The second-order valence-electron chi connectivity index (χ2n) is 10.5. The van der Waals surface area contributed by atoms with Crippen LogP contribution in [0.2, 0.25) is 0 Å². The molecule has 0 N–H and O–H groups in total. The number of rotatable bonds is 1. The number of aliphatic imine (C=N–C) groups is 1. The average molecular weight is 442 g/mol. The molecular formula is C31H27N3. The lowest BCUT2D eigenvalue weighted by molar-refractivity contribution is 0.518. The maximum atomic E-state index is 5.28. The minimum Gasteiger partial charge on any atom is -0.300 e. The van der Waals surface area contributed by atoms with Gasteiger partial charge in [0.05, 0.1) is 28.1 Å². The molecule has 0 saturated heterocycles. The van der Waals surface area contributed by atoms with Crippen LogP contribution in [0.3, 0.4) is 0 Å². The first-order chi connectivity index (χ1) is 16.4. The fraction of sp³-hybridized carbons (Fsp3) is 0.194. The molecule has 166 valence electrons. The van der Waals surface area contributed by atoms with Crippen LogP contribution in [0.1, 0.15) is 38.8 Å². The lowest BCUT2D eigenvalue weighted by Crippen LogP contribution is -2.55. The van der Waals surface area contributed by atoms with E-state index in [-0.39, 0.29) is 11.1 Å². The van der Waals surface area contributed by atoms with Crippen LogP contribution < -0.4 is 9.80 Å². The molecule has 0 spiro atoms. The highest BCUT2D eigenvalue weighted by Gasteiger charge is 2.53. The zero-order valence-corrected chi connectivity index (χ0v) is 20.0. The Labute approximate surface area is 201 Å². The van der Waals surface area contributed by atoms with Crippen molar-refractivity contribution in [3.8, 4) is 22.3 Å². The molecule has 0 fully saturated rings. The second kappa shape index (κ2) is 6.38. The summed E-state index contributed by atoms with van der Waals surface area (Å²) in [6.45, 7) is 9.29. The molecule has 0 saturated carbocycles. The molecule has 3 heterocycles. The highest BCUT2D eigenvalue weighted by Crippen LogP contribution is 2.60. The first kappa shape index (κ1) is 19.6. The summed E-state index contributed by atoms with van der Waals surface area (Å²) < 4.78 is 0. The van der Waals surface area contributed by atoms with E-state index in [0.717, 1.165) is 11.6 Å². The van der Waals surface area contributed by atoms with Crippen LogP contribution in [0.15, 0.2) is 96.0 Å². The van der Waals surface area contributed by atoms with E-state index < -0.39 is 0 Å². The average Bonchev–Trinajstić information content (AvgIpc) is 3.19. The maximum Gasteiger partial charge on any atom is 0.212 e. The summed E-state index contributed by atoms with van der Waals surface area (Å²) in [5.41, 5.74) is 10.7. The second-order valence-corrected chi connectivity index (χ2v) is 10.5. The Morgan fingerprint density at radius 3 is 2.03 bits per heavy atom. The first-order valence-electron chi connectivity index (χ1n) is 12.0. The predicted octanol–water partition coefficient (Wildman–Crippen LogP) is 7.83. The SMILES string of the molecule is CC1(C)c2ccccc2N=C2N1c1cc(-c3ccccc3)cc3c1N2C(C)(C)c1ccccc1-3. The molecule has 0 amide bonds. The number of guanidine groups is 1. The van der Waals surface area contributed by atoms with E-state index in [9.17, 15) is 0 Å². The molecule has 34 heavy (non-hydrogen) atoms. The third kappa shape index (κ3) is 2.34. The zero-order valence-electron chi connectivity index (χ0n) is 20.0. The smallest absolute Gasteiger partial charge is 0.212 e. The van der Waals surface area contributed by atoms with Crippen LogP contribution in [-0.2, 0) is 11.1 Å². The summed E-state index contributed by atoms with van der Waals surface area (Å²) in [6, 6.07) is 32.9. The fourth-order valence-corrected chi connectivity index (χ4v) is 6.20. The van der Waals surface area contributed by atoms with E-state index >= 15 is 0 Å². The number of para-hydroxylation sites is 1. The summed E-state index contributed by atoms with van der Waals surface area (Å²) in [6.07, 6.45) is 0.